The first-order valence-electron chi connectivity index (χ1n) is 12.9. The van der Waals surface area contributed by atoms with Crippen molar-refractivity contribution in [1.82, 2.24) is 4.98 Å². The molecular weight excluding hydrogens is 513 g/mol. The topological polar surface area (TPSA) is 98.8 Å². The number of carbonyl (C=O) groups is 2. The maximum Gasteiger partial charge on any atom is 0.237 e. The number of amides is 1. The van der Waals surface area contributed by atoms with Crippen LogP contribution in [0.2, 0.25) is 0 Å². The lowest BCUT2D eigenvalue weighted by atomic mass is 10.1. The lowest BCUT2D eigenvalue weighted by Gasteiger charge is -2.12. The molecule has 3 aromatic carbocycles. The number of aromatic nitrogens is 1. The summed E-state index contributed by atoms with van der Waals surface area (Å²) in [6, 6.07) is 18.8. The minimum Gasteiger partial charge on any atom is -0.493 e. The SMILES string of the molecule is CC.CNc1ccc(Oc2ccnc3cc(OC)c(OC)cc23)cc1.O=CC1(C(=O)Nc2ccc(F)cc2)CC1. The van der Waals surface area contributed by atoms with E-state index < -0.39 is 5.41 Å². The zero-order valence-corrected chi connectivity index (χ0v) is 23.3. The van der Waals surface area contributed by atoms with Crippen LogP contribution in [0.15, 0.2) is 72.9 Å². The number of methoxy groups -OCH3 is 2. The minimum atomic E-state index is -0.825. The van der Waals surface area contributed by atoms with Crippen LogP contribution in [0.3, 0.4) is 0 Å². The standard InChI is InChI=1S/C18H18N2O3.C11H10FNO2.C2H6/c1-19-12-4-6-13(7-5-12)23-16-8-9-20-15-11-18(22-3)17(21-2)10-14(15)16;12-8-1-3-9(4-2-8)13-10(15)11(7-14)5-6-11;1-2/h4-11,19H,1-3H3;1-4,7H,5-6H2,(H,13,15);1-2H3. The largest absolute Gasteiger partial charge is 0.493 e. The highest BCUT2D eigenvalue weighted by Crippen LogP contribution is 2.44. The van der Waals surface area contributed by atoms with E-state index in [0.29, 0.717) is 42.1 Å². The highest BCUT2D eigenvalue weighted by atomic mass is 19.1. The van der Waals surface area contributed by atoms with Crippen LogP contribution in [0, 0.1) is 11.2 Å². The predicted molar refractivity (Wildman–Crippen MR) is 155 cm³/mol. The maximum absolute atomic E-state index is 12.6. The van der Waals surface area contributed by atoms with Gasteiger partial charge in [0.15, 0.2) is 11.5 Å². The fourth-order valence-electron chi connectivity index (χ4n) is 3.67. The third-order valence-corrected chi connectivity index (χ3v) is 6.15. The molecule has 210 valence electrons. The fraction of sp³-hybridized carbons (Fsp3) is 0.258. The summed E-state index contributed by atoms with van der Waals surface area (Å²) in [4.78, 5) is 26.6. The molecule has 2 N–H and O–H groups in total. The smallest absolute Gasteiger partial charge is 0.237 e. The van der Waals surface area contributed by atoms with Crippen molar-refractivity contribution in [1.29, 1.82) is 0 Å². The molecule has 8 nitrogen and oxygen atoms in total. The molecule has 0 spiro atoms. The number of nitrogens with one attached hydrogen (secondary N) is 2. The van der Waals surface area contributed by atoms with Gasteiger partial charge in [0.05, 0.1) is 19.7 Å². The van der Waals surface area contributed by atoms with Gasteiger partial charge in [0.1, 0.15) is 29.0 Å². The molecular formula is C31H34FN3O5. The first-order valence-corrected chi connectivity index (χ1v) is 12.9. The molecule has 4 aromatic rings. The van der Waals surface area contributed by atoms with Crippen LogP contribution in [0.25, 0.3) is 10.9 Å². The number of pyridine rings is 1. The third-order valence-electron chi connectivity index (χ3n) is 6.15. The number of benzene rings is 3. The molecule has 1 saturated carbocycles. The minimum absolute atomic E-state index is 0.302. The lowest BCUT2D eigenvalue weighted by molar-refractivity contribution is -0.126. The Morgan fingerprint density at radius 1 is 0.900 bits per heavy atom. The molecule has 0 aliphatic heterocycles. The molecule has 1 amide bonds. The van der Waals surface area contributed by atoms with Crippen molar-refractivity contribution < 1.29 is 28.2 Å². The van der Waals surface area contributed by atoms with Crippen LogP contribution in [0.4, 0.5) is 15.8 Å². The number of ether oxygens (including phenoxy) is 3. The Morgan fingerprint density at radius 3 is 2.05 bits per heavy atom. The van der Waals surface area contributed by atoms with Gasteiger partial charge in [0.2, 0.25) is 5.91 Å². The zero-order valence-electron chi connectivity index (χ0n) is 23.3. The molecule has 1 aromatic heterocycles. The summed E-state index contributed by atoms with van der Waals surface area (Å²) < 4.78 is 29.2. The summed E-state index contributed by atoms with van der Waals surface area (Å²) in [5.41, 5.74) is 1.50. The van der Waals surface area contributed by atoms with Gasteiger partial charge >= 0.3 is 0 Å². The van der Waals surface area contributed by atoms with Crippen LogP contribution < -0.4 is 24.8 Å². The van der Waals surface area contributed by atoms with Gasteiger partial charge in [0, 0.05) is 36.1 Å². The van der Waals surface area contributed by atoms with E-state index in [2.05, 4.69) is 15.6 Å². The van der Waals surface area contributed by atoms with Gasteiger partial charge < -0.3 is 29.6 Å². The number of hydrogen-bond donors (Lipinski definition) is 2. The average molecular weight is 548 g/mol. The molecule has 40 heavy (non-hydrogen) atoms. The van der Waals surface area contributed by atoms with Gasteiger partial charge in [-0.15, -0.1) is 0 Å². The number of nitrogens with zero attached hydrogens (tertiary/aromatic N) is 1. The van der Waals surface area contributed by atoms with Gasteiger partial charge in [-0.05, 0) is 73.5 Å². The Morgan fingerprint density at radius 2 is 1.50 bits per heavy atom. The molecule has 1 aliphatic rings. The van der Waals surface area contributed by atoms with E-state index >= 15 is 0 Å². The van der Waals surface area contributed by atoms with Crippen molar-refractivity contribution in [3.8, 4) is 23.0 Å². The van der Waals surface area contributed by atoms with Crippen molar-refractivity contribution >= 4 is 34.5 Å². The Labute approximate surface area is 233 Å². The fourth-order valence-corrected chi connectivity index (χ4v) is 3.67. The van der Waals surface area contributed by atoms with Crippen LogP contribution in [0.1, 0.15) is 26.7 Å². The van der Waals surface area contributed by atoms with Crippen LogP contribution in [-0.4, -0.2) is 38.4 Å². The molecule has 1 heterocycles. The molecule has 0 unspecified atom stereocenters. The van der Waals surface area contributed by atoms with Gasteiger partial charge in [0.25, 0.3) is 0 Å². The normalized spacial score (nSPS) is 12.4. The second-order valence-corrected chi connectivity index (χ2v) is 8.64. The summed E-state index contributed by atoms with van der Waals surface area (Å²) in [6.45, 7) is 4.00. The number of halogens is 1. The molecule has 0 bridgehead atoms. The third kappa shape index (κ3) is 7.25. The molecule has 5 rings (SSSR count). The van der Waals surface area contributed by atoms with E-state index in [1.54, 1.807) is 20.4 Å². The molecule has 1 fully saturated rings. The number of fused-ring (bicyclic) bond motifs is 1. The highest BCUT2D eigenvalue weighted by molar-refractivity contribution is 6.07. The molecule has 0 saturated heterocycles. The monoisotopic (exact) mass is 547 g/mol. The quantitative estimate of drug-likeness (QED) is 0.184. The Kier molecular flexibility index (Phi) is 10.4. The summed E-state index contributed by atoms with van der Waals surface area (Å²) in [5.74, 6) is 2.10. The van der Waals surface area contributed by atoms with Crippen molar-refractivity contribution in [2.45, 2.75) is 26.7 Å². The Balaban J connectivity index is 0.000000224. The number of aldehydes is 1. The molecule has 1 aliphatic carbocycles. The second kappa shape index (κ2) is 13.9. The first-order chi connectivity index (χ1) is 19.4. The van der Waals surface area contributed by atoms with Crippen molar-refractivity contribution in [3.05, 3.63) is 78.7 Å². The molecule has 9 heteroatoms. The van der Waals surface area contributed by atoms with E-state index in [1.165, 1.54) is 24.3 Å². The predicted octanol–water partition coefficient (Wildman–Crippen LogP) is 6.86. The van der Waals surface area contributed by atoms with E-state index in [4.69, 9.17) is 14.2 Å². The number of anilines is 2. The van der Waals surface area contributed by atoms with Crippen molar-refractivity contribution in [2.75, 3.05) is 31.9 Å². The van der Waals surface area contributed by atoms with Gasteiger partial charge in [-0.2, -0.15) is 0 Å². The van der Waals surface area contributed by atoms with Crippen LogP contribution in [0.5, 0.6) is 23.0 Å². The van der Waals surface area contributed by atoms with Gasteiger partial charge in [-0.3, -0.25) is 9.78 Å². The first kappa shape index (κ1) is 29.9. The maximum atomic E-state index is 12.6. The van der Waals surface area contributed by atoms with E-state index in [1.807, 2.05) is 63.4 Å². The van der Waals surface area contributed by atoms with E-state index in [-0.39, 0.29) is 11.7 Å². The number of carbonyl (C=O) groups excluding carboxylic acids is 2. The summed E-state index contributed by atoms with van der Waals surface area (Å²) in [5, 5.41) is 6.53. The average Bonchev–Trinajstić information content (AvgIpc) is 3.81. The van der Waals surface area contributed by atoms with E-state index in [9.17, 15) is 14.0 Å². The number of rotatable bonds is 8. The van der Waals surface area contributed by atoms with Crippen molar-refractivity contribution in [2.24, 2.45) is 5.41 Å². The van der Waals surface area contributed by atoms with E-state index in [0.717, 1.165) is 22.3 Å². The van der Waals surface area contributed by atoms with Gasteiger partial charge in [-0.25, -0.2) is 4.39 Å². The number of hydrogen-bond acceptors (Lipinski definition) is 7. The van der Waals surface area contributed by atoms with Crippen LogP contribution >= 0.6 is 0 Å². The summed E-state index contributed by atoms with van der Waals surface area (Å²) in [6.07, 6.45) is 3.60. The Bertz CT molecular complexity index is 1420. The summed E-state index contributed by atoms with van der Waals surface area (Å²) in [7, 11) is 5.09. The second-order valence-electron chi connectivity index (χ2n) is 8.64. The summed E-state index contributed by atoms with van der Waals surface area (Å²) >= 11 is 0. The molecule has 0 radical (unpaired) electrons. The lowest BCUT2D eigenvalue weighted by Crippen LogP contribution is -2.25. The highest BCUT2D eigenvalue weighted by Gasteiger charge is 2.50. The van der Waals surface area contributed by atoms with Crippen molar-refractivity contribution in [3.63, 3.8) is 0 Å². The van der Waals surface area contributed by atoms with Crippen LogP contribution in [-0.2, 0) is 9.59 Å². The zero-order chi connectivity index (χ0) is 29.1. The van der Waals surface area contributed by atoms with Gasteiger partial charge in [-0.1, -0.05) is 13.8 Å². The molecule has 0 atom stereocenters. The Hall–Kier alpha value is -4.66.